The molecule has 2 fully saturated rings. The summed E-state index contributed by atoms with van der Waals surface area (Å²) in [5.74, 6) is 1.68. The molecule has 0 aromatic rings. The van der Waals surface area contributed by atoms with E-state index in [-0.39, 0.29) is 29.4 Å². The van der Waals surface area contributed by atoms with Gasteiger partial charge in [-0.15, -0.1) is 0 Å². The first-order valence-electron chi connectivity index (χ1n) is 8.19. The average Bonchev–Trinajstić information content (AvgIpc) is 3.14. The molecule has 3 aliphatic rings. The van der Waals surface area contributed by atoms with E-state index >= 15 is 0 Å². The van der Waals surface area contributed by atoms with Gasteiger partial charge in [-0.3, -0.25) is 4.79 Å². The molecule has 2 aliphatic carbocycles. The van der Waals surface area contributed by atoms with Crippen LogP contribution in [-0.4, -0.2) is 43.3 Å². The number of carbonyl (C=O) groups is 1. The van der Waals surface area contributed by atoms with Gasteiger partial charge < -0.3 is 4.90 Å². The largest absolute Gasteiger partial charge is 0.338 e. The van der Waals surface area contributed by atoms with Crippen molar-refractivity contribution in [2.75, 3.05) is 18.1 Å². The fraction of sp³-hybridized carbons (Fsp3) is 0.812. The zero-order valence-corrected chi connectivity index (χ0v) is 13.5. The van der Waals surface area contributed by atoms with Crippen LogP contribution in [0.4, 0.5) is 0 Å². The number of hydrogen-bond donors (Lipinski definition) is 0. The summed E-state index contributed by atoms with van der Waals surface area (Å²) < 4.78 is 23.5. The first kappa shape index (κ1) is 15.1. The molecule has 2 bridgehead atoms. The molecule has 4 atom stereocenters. The lowest BCUT2D eigenvalue weighted by atomic mass is 9.91. The van der Waals surface area contributed by atoms with E-state index in [1.165, 1.54) is 0 Å². The molecule has 1 aliphatic heterocycles. The Morgan fingerprint density at radius 2 is 2.10 bits per heavy atom. The summed E-state index contributed by atoms with van der Waals surface area (Å²) in [4.78, 5) is 14.8. The minimum absolute atomic E-state index is 0.0860. The maximum absolute atomic E-state index is 12.9. The molecule has 118 valence electrons. The number of fused-ring (bicyclic) bond motifs is 2. The van der Waals surface area contributed by atoms with Gasteiger partial charge in [-0.05, 0) is 37.5 Å². The van der Waals surface area contributed by atoms with E-state index in [1.807, 2.05) is 4.90 Å². The van der Waals surface area contributed by atoms with Crippen molar-refractivity contribution < 1.29 is 13.2 Å². The van der Waals surface area contributed by atoms with Crippen LogP contribution in [0.5, 0.6) is 0 Å². The molecule has 1 saturated carbocycles. The van der Waals surface area contributed by atoms with Crippen LogP contribution < -0.4 is 0 Å². The Kier molecular flexibility index (Phi) is 4.12. The number of sulfone groups is 1. The normalized spacial score (nSPS) is 36.2. The molecule has 1 amide bonds. The second-order valence-electron chi connectivity index (χ2n) is 6.83. The smallest absolute Gasteiger partial charge is 0.226 e. The monoisotopic (exact) mass is 311 g/mol. The fourth-order valence-electron chi connectivity index (χ4n) is 4.10. The molecular formula is C16H25NO3S. The summed E-state index contributed by atoms with van der Waals surface area (Å²) >= 11 is 0. The van der Waals surface area contributed by atoms with Crippen molar-refractivity contribution in [3.05, 3.63) is 12.2 Å². The highest BCUT2D eigenvalue weighted by molar-refractivity contribution is 7.91. The van der Waals surface area contributed by atoms with Gasteiger partial charge in [0.2, 0.25) is 5.91 Å². The van der Waals surface area contributed by atoms with E-state index in [2.05, 4.69) is 19.1 Å². The summed E-state index contributed by atoms with van der Waals surface area (Å²) in [6.45, 7) is 2.82. The quantitative estimate of drug-likeness (QED) is 0.730. The van der Waals surface area contributed by atoms with Gasteiger partial charge in [0.1, 0.15) is 0 Å². The van der Waals surface area contributed by atoms with Crippen molar-refractivity contribution in [3.8, 4) is 0 Å². The lowest BCUT2D eigenvalue weighted by Gasteiger charge is -2.32. The Morgan fingerprint density at radius 3 is 2.62 bits per heavy atom. The maximum atomic E-state index is 12.9. The Balaban J connectivity index is 1.73. The third-order valence-corrected chi connectivity index (χ3v) is 7.03. The van der Waals surface area contributed by atoms with Crippen LogP contribution in [0.2, 0.25) is 0 Å². The lowest BCUT2D eigenvalue weighted by molar-refractivity contribution is -0.138. The molecule has 0 aromatic heterocycles. The molecule has 1 heterocycles. The van der Waals surface area contributed by atoms with Crippen LogP contribution in [0.15, 0.2) is 12.2 Å². The van der Waals surface area contributed by atoms with E-state index in [9.17, 15) is 13.2 Å². The van der Waals surface area contributed by atoms with Gasteiger partial charge in [0, 0.05) is 18.5 Å². The SMILES string of the molecule is CCCCN(C(=O)[C@H]1C[C@H]2C=C[C@H]1C2)[C@H]1CCS(=O)(=O)C1. The number of amides is 1. The molecular weight excluding hydrogens is 286 g/mol. The summed E-state index contributed by atoms with van der Waals surface area (Å²) in [6.07, 6.45) is 9.11. The van der Waals surface area contributed by atoms with Crippen LogP contribution in [0, 0.1) is 17.8 Å². The first-order valence-corrected chi connectivity index (χ1v) is 10.0. The summed E-state index contributed by atoms with van der Waals surface area (Å²) in [5.41, 5.74) is 0. The predicted octanol–water partition coefficient (Wildman–Crippen LogP) is 2.01. The third kappa shape index (κ3) is 3.03. The second kappa shape index (κ2) is 5.75. The Morgan fingerprint density at radius 1 is 1.29 bits per heavy atom. The molecule has 3 rings (SSSR count). The Hall–Kier alpha value is -0.840. The number of rotatable bonds is 5. The van der Waals surface area contributed by atoms with Crippen LogP contribution in [-0.2, 0) is 14.6 Å². The van der Waals surface area contributed by atoms with Gasteiger partial charge >= 0.3 is 0 Å². The highest BCUT2D eigenvalue weighted by Gasteiger charge is 2.44. The van der Waals surface area contributed by atoms with Gasteiger partial charge in [-0.25, -0.2) is 8.42 Å². The number of nitrogens with zero attached hydrogens (tertiary/aromatic N) is 1. The predicted molar refractivity (Wildman–Crippen MR) is 82.5 cm³/mol. The van der Waals surface area contributed by atoms with Crippen molar-refractivity contribution in [2.45, 2.75) is 45.1 Å². The van der Waals surface area contributed by atoms with Crippen molar-refractivity contribution in [1.82, 2.24) is 4.90 Å². The molecule has 0 unspecified atom stereocenters. The Bertz CT molecular complexity index is 540. The molecule has 4 nitrogen and oxygen atoms in total. The molecule has 0 radical (unpaired) electrons. The fourth-order valence-corrected chi connectivity index (χ4v) is 5.83. The zero-order chi connectivity index (χ0) is 15.0. The van der Waals surface area contributed by atoms with Crippen LogP contribution >= 0.6 is 0 Å². The first-order chi connectivity index (χ1) is 10.00. The molecule has 0 spiro atoms. The van der Waals surface area contributed by atoms with Crippen LogP contribution in [0.1, 0.15) is 39.0 Å². The van der Waals surface area contributed by atoms with E-state index in [1.54, 1.807) is 0 Å². The molecule has 21 heavy (non-hydrogen) atoms. The summed E-state index contributed by atoms with van der Waals surface area (Å²) in [7, 11) is -2.94. The Labute approximate surface area is 127 Å². The van der Waals surface area contributed by atoms with E-state index < -0.39 is 9.84 Å². The average molecular weight is 311 g/mol. The summed E-state index contributed by atoms with van der Waals surface area (Å²) in [5, 5.41) is 0. The van der Waals surface area contributed by atoms with Gasteiger partial charge in [0.25, 0.3) is 0 Å². The van der Waals surface area contributed by atoms with Crippen LogP contribution in [0.25, 0.3) is 0 Å². The van der Waals surface area contributed by atoms with Crippen molar-refractivity contribution in [2.24, 2.45) is 17.8 Å². The molecule has 0 N–H and O–H groups in total. The zero-order valence-electron chi connectivity index (χ0n) is 12.7. The van der Waals surface area contributed by atoms with Gasteiger partial charge in [0.15, 0.2) is 9.84 Å². The standard InChI is InChI=1S/C16H25NO3S/c1-2-3-7-17(14-6-8-21(19,20)11-14)16(18)15-10-12-4-5-13(15)9-12/h4-5,12-15H,2-3,6-11H2,1H3/t12-,13-,14-,15-/m0/s1. The molecule has 1 saturated heterocycles. The third-order valence-electron chi connectivity index (χ3n) is 5.28. The van der Waals surface area contributed by atoms with Crippen molar-refractivity contribution in [3.63, 3.8) is 0 Å². The molecule has 0 aromatic carbocycles. The van der Waals surface area contributed by atoms with Crippen molar-refractivity contribution in [1.29, 1.82) is 0 Å². The number of allylic oxidation sites excluding steroid dienone is 2. The highest BCUT2D eigenvalue weighted by Crippen LogP contribution is 2.44. The summed E-state index contributed by atoms with van der Waals surface area (Å²) in [6, 6.07) is -0.0860. The molecule has 5 heteroatoms. The minimum atomic E-state index is -2.94. The second-order valence-corrected chi connectivity index (χ2v) is 9.06. The topological polar surface area (TPSA) is 54.5 Å². The lowest BCUT2D eigenvalue weighted by Crippen LogP contribution is -2.45. The van der Waals surface area contributed by atoms with E-state index in [0.29, 0.717) is 24.8 Å². The van der Waals surface area contributed by atoms with Gasteiger partial charge in [-0.1, -0.05) is 25.5 Å². The maximum Gasteiger partial charge on any atom is 0.226 e. The number of hydrogen-bond acceptors (Lipinski definition) is 3. The highest BCUT2D eigenvalue weighted by atomic mass is 32.2. The van der Waals surface area contributed by atoms with Crippen molar-refractivity contribution >= 4 is 15.7 Å². The van der Waals surface area contributed by atoms with E-state index in [4.69, 9.17) is 0 Å². The van der Waals surface area contributed by atoms with Gasteiger partial charge in [0.05, 0.1) is 11.5 Å². The van der Waals surface area contributed by atoms with Crippen LogP contribution in [0.3, 0.4) is 0 Å². The van der Waals surface area contributed by atoms with E-state index in [0.717, 1.165) is 25.7 Å². The number of unbranched alkanes of at least 4 members (excludes halogenated alkanes) is 1. The minimum Gasteiger partial charge on any atom is -0.338 e. The van der Waals surface area contributed by atoms with Gasteiger partial charge in [-0.2, -0.15) is 0 Å². The number of carbonyl (C=O) groups excluding carboxylic acids is 1.